The molecule has 0 amide bonds. The van der Waals surface area contributed by atoms with Gasteiger partial charge in [-0.25, -0.2) is 0 Å². The lowest BCUT2D eigenvalue weighted by Crippen LogP contribution is -1.90. The highest BCUT2D eigenvalue weighted by Crippen LogP contribution is 2.29. The zero-order valence-electron chi connectivity index (χ0n) is 12.2. The first-order chi connectivity index (χ1) is 10.3. The summed E-state index contributed by atoms with van der Waals surface area (Å²) >= 11 is 0. The topological polar surface area (TPSA) is 0 Å². The minimum atomic E-state index is 1.06. The molecule has 3 aromatic rings. The number of hydrogen-bond donors (Lipinski definition) is 0. The summed E-state index contributed by atoms with van der Waals surface area (Å²) in [6.45, 7) is 6.41. The predicted molar refractivity (Wildman–Crippen MR) is 91.2 cm³/mol. The second-order valence-electron chi connectivity index (χ2n) is 5.24. The maximum atomic E-state index is 4.26. The van der Waals surface area contributed by atoms with Crippen LogP contribution in [-0.2, 0) is 0 Å². The van der Waals surface area contributed by atoms with Crippen LogP contribution in [0.3, 0.4) is 0 Å². The Morgan fingerprint density at radius 3 is 2.00 bits per heavy atom. The summed E-state index contributed by atoms with van der Waals surface area (Å²) in [5.74, 6) is 0. The van der Waals surface area contributed by atoms with Gasteiger partial charge in [0, 0.05) is 0 Å². The SMILES string of the molecule is C=C(c1ccccc1)c1ccc(C)c(-c2ccccc2)c1. The lowest BCUT2D eigenvalue weighted by atomic mass is 9.93. The number of rotatable bonds is 3. The quantitative estimate of drug-likeness (QED) is 0.570. The summed E-state index contributed by atoms with van der Waals surface area (Å²) in [5, 5.41) is 0. The Hall–Kier alpha value is -2.60. The highest BCUT2D eigenvalue weighted by Gasteiger charge is 2.06. The van der Waals surface area contributed by atoms with E-state index in [0.29, 0.717) is 0 Å². The molecule has 0 aliphatic rings. The first-order valence-corrected chi connectivity index (χ1v) is 7.16. The van der Waals surface area contributed by atoms with Gasteiger partial charge in [0.1, 0.15) is 0 Å². The van der Waals surface area contributed by atoms with Crippen LogP contribution in [0.25, 0.3) is 16.7 Å². The van der Waals surface area contributed by atoms with E-state index in [4.69, 9.17) is 0 Å². The summed E-state index contributed by atoms with van der Waals surface area (Å²) in [6.07, 6.45) is 0. The Kier molecular flexibility index (Phi) is 3.70. The molecule has 0 atom stereocenters. The van der Waals surface area contributed by atoms with Gasteiger partial charge in [0.05, 0.1) is 0 Å². The van der Waals surface area contributed by atoms with Crippen molar-refractivity contribution in [2.24, 2.45) is 0 Å². The molecule has 0 heteroatoms. The van der Waals surface area contributed by atoms with Crippen LogP contribution in [-0.4, -0.2) is 0 Å². The minimum Gasteiger partial charge on any atom is -0.0906 e. The summed E-state index contributed by atoms with van der Waals surface area (Å²) in [7, 11) is 0. The van der Waals surface area contributed by atoms with Crippen LogP contribution in [0, 0.1) is 6.92 Å². The van der Waals surface area contributed by atoms with Crippen molar-refractivity contribution in [2.45, 2.75) is 6.92 Å². The summed E-state index contributed by atoms with van der Waals surface area (Å²) < 4.78 is 0. The van der Waals surface area contributed by atoms with Gasteiger partial charge >= 0.3 is 0 Å². The van der Waals surface area contributed by atoms with Crippen LogP contribution < -0.4 is 0 Å². The Morgan fingerprint density at radius 1 is 0.714 bits per heavy atom. The Balaban J connectivity index is 2.04. The van der Waals surface area contributed by atoms with Crippen molar-refractivity contribution >= 4 is 5.57 Å². The van der Waals surface area contributed by atoms with Gasteiger partial charge in [0.15, 0.2) is 0 Å². The average molecular weight is 270 g/mol. The fraction of sp³-hybridized carbons (Fsp3) is 0.0476. The zero-order valence-corrected chi connectivity index (χ0v) is 12.2. The second kappa shape index (κ2) is 5.80. The molecule has 0 aliphatic carbocycles. The van der Waals surface area contributed by atoms with Gasteiger partial charge < -0.3 is 0 Å². The fourth-order valence-corrected chi connectivity index (χ4v) is 2.54. The molecule has 21 heavy (non-hydrogen) atoms. The third-order valence-electron chi connectivity index (χ3n) is 3.79. The largest absolute Gasteiger partial charge is 0.0906 e. The van der Waals surface area contributed by atoms with Gasteiger partial charge in [-0.2, -0.15) is 0 Å². The van der Waals surface area contributed by atoms with Crippen LogP contribution in [0.2, 0.25) is 0 Å². The molecule has 3 aromatic carbocycles. The summed E-state index contributed by atoms with van der Waals surface area (Å²) in [5.41, 5.74) is 7.20. The van der Waals surface area contributed by atoms with Crippen molar-refractivity contribution in [1.29, 1.82) is 0 Å². The van der Waals surface area contributed by atoms with Crippen molar-refractivity contribution < 1.29 is 0 Å². The van der Waals surface area contributed by atoms with Crippen molar-refractivity contribution in [3.63, 3.8) is 0 Å². The van der Waals surface area contributed by atoms with Gasteiger partial charge in [-0.3, -0.25) is 0 Å². The van der Waals surface area contributed by atoms with Crippen LogP contribution in [0.5, 0.6) is 0 Å². The van der Waals surface area contributed by atoms with Crippen LogP contribution >= 0.6 is 0 Å². The monoisotopic (exact) mass is 270 g/mol. The van der Waals surface area contributed by atoms with E-state index < -0.39 is 0 Å². The van der Waals surface area contributed by atoms with Gasteiger partial charge in [-0.15, -0.1) is 0 Å². The molecule has 0 aromatic heterocycles. The molecule has 0 heterocycles. The van der Waals surface area contributed by atoms with Crippen molar-refractivity contribution in [3.8, 4) is 11.1 Å². The van der Waals surface area contributed by atoms with Gasteiger partial charge in [0.2, 0.25) is 0 Å². The summed E-state index contributed by atoms with van der Waals surface area (Å²) in [4.78, 5) is 0. The van der Waals surface area contributed by atoms with Crippen molar-refractivity contribution in [2.75, 3.05) is 0 Å². The molecule has 0 radical (unpaired) electrons. The van der Waals surface area contributed by atoms with E-state index in [9.17, 15) is 0 Å². The molecular weight excluding hydrogens is 252 g/mol. The van der Waals surface area contributed by atoms with Crippen LogP contribution in [0.4, 0.5) is 0 Å². The third kappa shape index (κ3) is 2.80. The molecule has 3 rings (SSSR count). The molecule has 0 aliphatic heterocycles. The van der Waals surface area contributed by atoms with E-state index in [1.54, 1.807) is 0 Å². The zero-order chi connectivity index (χ0) is 14.7. The van der Waals surface area contributed by atoms with Crippen LogP contribution in [0.1, 0.15) is 16.7 Å². The summed E-state index contributed by atoms with van der Waals surface area (Å²) in [6, 6.07) is 27.4. The molecule has 0 saturated carbocycles. The average Bonchev–Trinajstić information content (AvgIpc) is 2.56. The molecule has 0 unspecified atom stereocenters. The first kappa shape index (κ1) is 13.4. The molecule has 0 nitrogen and oxygen atoms in total. The number of aryl methyl sites for hydroxylation is 1. The van der Waals surface area contributed by atoms with E-state index >= 15 is 0 Å². The fourth-order valence-electron chi connectivity index (χ4n) is 2.54. The predicted octanol–water partition coefficient (Wildman–Crippen LogP) is 5.72. The maximum Gasteiger partial charge on any atom is -0.0149 e. The van der Waals surface area contributed by atoms with E-state index in [-0.39, 0.29) is 0 Å². The molecular formula is C21H18. The molecule has 0 saturated heterocycles. The van der Waals surface area contributed by atoms with E-state index in [0.717, 1.165) is 5.57 Å². The lowest BCUT2D eigenvalue weighted by molar-refractivity contribution is 1.43. The van der Waals surface area contributed by atoms with Crippen molar-refractivity contribution in [3.05, 3.63) is 102 Å². The third-order valence-corrected chi connectivity index (χ3v) is 3.79. The van der Waals surface area contributed by atoms with E-state index in [1.165, 1.54) is 27.8 Å². The molecule has 0 bridgehead atoms. The van der Waals surface area contributed by atoms with Crippen LogP contribution in [0.15, 0.2) is 85.4 Å². The van der Waals surface area contributed by atoms with Gasteiger partial charge in [-0.05, 0) is 46.4 Å². The smallest absolute Gasteiger partial charge is 0.0149 e. The highest BCUT2D eigenvalue weighted by atomic mass is 14.1. The maximum absolute atomic E-state index is 4.26. The van der Waals surface area contributed by atoms with Gasteiger partial charge in [-0.1, -0.05) is 79.4 Å². The van der Waals surface area contributed by atoms with Crippen molar-refractivity contribution in [1.82, 2.24) is 0 Å². The van der Waals surface area contributed by atoms with E-state index in [2.05, 4.69) is 68.1 Å². The lowest BCUT2D eigenvalue weighted by Gasteiger charge is -2.11. The Bertz CT molecular complexity index is 753. The highest BCUT2D eigenvalue weighted by molar-refractivity contribution is 5.81. The second-order valence-corrected chi connectivity index (χ2v) is 5.24. The normalized spacial score (nSPS) is 10.3. The number of benzene rings is 3. The van der Waals surface area contributed by atoms with E-state index in [1.807, 2.05) is 24.3 Å². The standard InChI is InChI=1S/C21H18/c1-16-13-14-20(17(2)18-9-5-3-6-10-18)15-21(16)19-11-7-4-8-12-19/h3-15H,2H2,1H3. The molecule has 0 fully saturated rings. The minimum absolute atomic E-state index is 1.06. The Labute approximate surface area is 126 Å². The molecule has 0 spiro atoms. The first-order valence-electron chi connectivity index (χ1n) is 7.16. The Morgan fingerprint density at radius 2 is 1.33 bits per heavy atom. The van der Waals surface area contributed by atoms with Gasteiger partial charge in [0.25, 0.3) is 0 Å². The number of hydrogen-bond acceptors (Lipinski definition) is 0. The molecule has 102 valence electrons. The molecule has 0 N–H and O–H groups in total.